The van der Waals surface area contributed by atoms with Gasteiger partial charge in [0.25, 0.3) is 0 Å². The van der Waals surface area contributed by atoms with Gasteiger partial charge < -0.3 is 19.7 Å². The molecule has 0 aliphatic heterocycles. The summed E-state index contributed by atoms with van der Waals surface area (Å²) < 4.78 is 11.9. The van der Waals surface area contributed by atoms with E-state index in [0.717, 1.165) is 32.1 Å². The van der Waals surface area contributed by atoms with E-state index in [4.69, 9.17) is 14.6 Å². The second-order valence-electron chi connectivity index (χ2n) is 7.43. The molecule has 4 saturated carbocycles. The van der Waals surface area contributed by atoms with Crippen LogP contribution < -0.4 is 0 Å². The summed E-state index contributed by atoms with van der Waals surface area (Å²) in [4.78, 5) is 11.7. The molecule has 124 valence electrons. The Kier molecular flexibility index (Phi) is 4.32. The van der Waals surface area contributed by atoms with Crippen molar-refractivity contribution < 1.29 is 24.5 Å². The van der Waals surface area contributed by atoms with Gasteiger partial charge >= 0.3 is 5.97 Å². The van der Waals surface area contributed by atoms with Crippen LogP contribution in [0, 0.1) is 11.8 Å². The average molecular weight is 310 g/mol. The predicted molar refractivity (Wildman–Crippen MR) is 80.1 cm³/mol. The van der Waals surface area contributed by atoms with Crippen LogP contribution in [-0.2, 0) is 14.3 Å². The summed E-state index contributed by atoms with van der Waals surface area (Å²) in [5, 5.41) is 18.7. The first-order valence-corrected chi connectivity index (χ1v) is 8.26. The van der Waals surface area contributed by atoms with Crippen molar-refractivity contribution in [2.24, 2.45) is 11.8 Å². The third-order valence-corrected chi connectivity index (χ3v) is 5.48. The molecule has 0 aromatic rings. The largest absolute Gasteiger partial charge is 0.456 e. The smallest absolute Gasteiger partial charge is 0.330 e. The molecule has 4 rings (SSSR count). The third kappa shape index (κ3) is 3.07. The van der Waals surface area contributed by atoms with E-state index in [2.05, 4.69) is 6.58 Å². The third-order valence-electron chi connectivity index (χ3n) is 5.48. The van der Waals surface area contributed by atoms with Crippen molar-refractivity contribution in [1.29, 1.82) is 0 Å². The Morgan fingerprint density at radius 2 is 1.91 bits per heavy atom. The van der Waals surface area contributed by atoms with Crippen LogP contribution in [0.2, 0.25) is 0 Å². The highest BCUT2D eigenvalue weighted by Crippen LogP contribution is 2.60. The van der Waals surface area contributed by atoms with Gasteiger partial charge in [-0.25, -0.2) is 4.79 Å². The molecule has 4 aliphatic rings. The van der Waals surface area contributed by atoms with Crippen LogP contribution in [0.5, 0.6) is 0 Å². The number of carbonyl (C=O) groups excluding carboxylic acids is 1. The maximum Gasteiger partial charge on any atom is 0.330 e. The number of hydrogen-bond donors (Lipinski definition) is 2. The Hall–Kier alpha value is -0.910. The maximum absolute atomic E-state index is 11.7. The first-order chi connectivity index (χ1) is 10.5. The van der Waals surface area contributed by atoms with Gasteiger partial charge in [0.15, 0.2) is 0 Å². The van der Waals surface area contributed by atoms with Crippen molar-refractivity contribution in [3.8, 4) is 0 Å². The number of esters is 1. The molecule has 0 aromatic heterocycles. The number of ether oxygens (including phenoxy) is 2. The van der Waals surface area contributed by atoms with Crippen LogP contribution in [0.15, 0.2) is 12.7 Å². The Morgan fingerprint density at radius 3 is 2.50 bits per heavy atom. The van der Waals surface area contributed by atoms with Crippen LogP contribution in [0.1, 0.15) is 44.9 Å². The van der Waals surface area contributed by atoms with Gasteiger partial charge in [0.05, 0.1) is 18.3 Å². The van der Waals surface area contributed by atoms with Gasteiger partial charge in [0, 0.05) is 19.1 Å². The molecule has 5 nitrogen and oxygen atoms in total. The average Bonchev–Trinajstić information content (AvgIpc) is 2.43. The van der Waals surface area contributed by atoms with Crippen LogP contribution in [0.25, 0.3) is 0 Å². The molecule has 3 atom stereocenters. The Morgan fingerprint density at radius 1 is 1.27 bits per heavy atom. The van der Waals surface area contributed by atoms with Crippen LogP contribution >= 0.6 is 0 Å². The quantitative estimate of drug-likeness (QED) is 0.551. The van der Waals surface area contributed by atoms with Crippen LogP contribution in [0.3, 0.4) is 0 Å². The molecular weight excluding hydrogens is 284 g/mol. The summed E-state index contributed by atoms with van der Waals surface area (Å²) >= 11 is 0. The molecule has 22 heavy (non-hydrogen) atoms. The summed E-state index contributed by atoms with van der Waals surface area (Å²) in [6, 6.07) is 0. The molecule has 4 bridgehead atoms. The minimum absolute atomic E-state index is 0.0380. The van der Waals surface area contributed by atoms with Gasteiger partial charge in [-0.15, -0.1) is 0 Å². The number of aliphatic hydroxyl groups excluding tert-OH is 2. The standard InChI is InChI=1S/C17H26O5/c1-2-15(20)22-17-8-12-5-13(9-17)7-16(6-12,11-17)21-10-14(19)3-4-18/h2,12-14,18-19H,1,3-11H2. The molecule has 4 fully saturated rings. The Labute approximate surface area is 131 Å². The Bertz CT molecular complexity index is 432. The van der Waals surface area contributed by atoms with Gasteiger partial charge in [0.2, 0.25) is 0 Å². The molecule has 0 spiro atoms. The van der Waals surface area contributed by atoms with E-state index in [9.17, 15) is 9.90 Å². The Balaban J connectivity index is 1.70. The van der Waals surface area contributed by atoms with Gasteiger partial charge in [-0.05, 0) is 50.4 Å². The van der Waals surface area contributed by atoms with Crippen molar-refractivity contribution in [2.75, 3.05) is 13.2 Å². The van der Waals surface area contributed by atoms with Crippen molar-refractivity contribution in [2.45, 2.75) is 62.3 Å². The van der Waals surface area contributed by atoms with Crippen LogP contribution in [0.4, 0.5) is 0 Å². The highest BCUT2D eigenvalue weighted by molar-refractivity contribution is 5.81. The second kappa shape index (κ2) is 5.95. The molecule has 5 heteroatoms. The van der Waals surface area contributed by atoms with E-state index in [1.807, 2.05) is 0 Å². The van der Waals surface area contributed by atoms with E-state index < -0.39 is 11.7 Å². The van der Waals surface area contributed by atoms with E-state index >= 15 is 0 Å². The molecule has 2 N–H and O–H groups in total. The minimum atomic E-state index is -0.635. The zero-order chi connectivity index (χ0) is 15.8. The highest BCUT2D eigenvalue weighted by atomic mass is 16.6. The fourth-order valence-corrected chi connectivity index (χ4v) is 5.14. The maximum atomic E-state index is 11.7. The van der Waals surface area contributed by atoms with E-state index in [1.54, 1.807) is 0 Å². The van der Waals surface area contributed by atoms with Crippen LogP contribution in [-0.4, -0.2) is 46.7 Å². The SMILES string of the molecule is C=CC(=O)OC12CC3CC(CC(OCC(O)CCO)(C3)C1)C2. The first-order valence-electron chi connectivity index (χ1n) is 8.26. The molecule has 0 amide bonds. The zero-order valence-electron chi connectivity index (χ0n) is 13.0. The van der Waals surface area contributed by atoms with Gasteiger partial charge in [-0.1, -0.05) is 6.58 Å². The minimum Gasteiger partial charge on any atom is -0.456 e. The molecule has 0 heterocycles. The van der Waals surface area contributed by atoms with Gasteiger partial charge in [-0.2, -0.15) is 0 Å². The molecule has 4 aliphatic carbocycles. The van der Waals surface area contributed by atoms with E-state index in [1.165, 1.54) is 12.5 Å². The van der Waals surface area contributed by atoms with Crippen molar-refractivity contribution in [3.63, 3.8) is 0 Å². The normalized spacial score (nSPS) is 40.5. The lowest BCUT2D eigenvalue weighted by molar-refractivity contribution is -0.236. The number of carbonyl (C=O) groups is 1. The van der Waals surface area contributed by atoms with Gasteiger partial charge in [0.1, 0.15) is 5.60 Å². The molecule has 3 unspecified atom stereocenters. The highest BCUT2D eigenvalue weighted by Gasteiger charge is 2.60. The number of hydrogen-bond acceptors (Lipinski definition) is 5. The van der Waals surface area contributed by atoms with Crippen molar-refractivity contribution >= 4 is 5.97 Å². The second-order valence-corrected chi connectivity index (χ2v) is 7.43. The predicted octanol–water partition coefficient (Wildman–Crippen LogP) is 1.57. The lowest BCUT2D eigenvalue weighted by atomic mass is 9.52. The zero-order valence-corrected chi connectivity index (χ0v) is 13.0. The molecule has 0 radical (unpaired) electrons. The van der Waals surface area contributed by atoms with E-state index in [0.29, 0.717) is 18.3 Å². The monoisotopic (exact) mass is 310 g/mol. The molecular formula is C17H26O5. The molecule has 0 saturated heterocycles. The number of rotatable bonds is 7. The topological polar surface area (TPSA) is 76.0 Å². The fraction of sp³-hybridized carbons (Fsp3) is 0.824. The number of aliphatic hydroxyl groups is 2. The summed E-state index contributed by atoms with van der Waals surface area (Å²) in [6.07, 6.45) is 6.67. The summed E-state index contributed by atoms with van der Waals surface area (Å²) in [7, 11) is 0. The van der Waals surface area contributed by atoms with Gasteiger partial charge in [-0.3, -0.25) is 0 Å². The summed E-state index contributed by atoms with van der Waals surface area (Å²) in [5.41, 5.74) is -0.681. The first kappa shape index (κ1) is 16.0. The van der Waals surface area contributed by atoms with Crippen molar-refractivity contribution in [1.82, 2.24) is 0 Å². The lowest BCUT2D eigenvalue weighted by Gasteiger charge is -2.60. The van der Waals surface area contributed by atoms with E-state index in [-0.39, 0.29) is 24.8 Å². The fourth-order valence-electron chi connectivity index (χ4n) is 5.14. The lowest BCUT2D eigenvalue weighted by Crippen LogP contribution is -2.61. The summed E-state index contributed by atoms with van der Waals surface area (Å²) in [6.45, 7) is 3.70. The van der Waals surface area contributed by atoms with Crippen molar-refractivity contribution in [3.05, 3.63) is 12.7 Å². The summed E-state index contributed by atoms with van der Waals surface area (Å²) in [5.74, 6) is 0.722. The molecule has 0 aromatic carbocycles.